The van der Waals surface area contributed by atoms with Gasteiger partial charge >= 0.3 is 5.97 Å². The van der Waals surface area contributed by atoms with E-state index in [-0.39, 0.29) is 11.8 Å². The summed E-state index contributed by atoms with van der Waals surface area (Å²) in [7, 11) is 0. The second-order valence-electron chi connectivity index (χ2n) is 4.88. The van der Waals surface area contributed by atoms with E-state index in [0.29, 0.717) is 19.4 Å². The van der Waals surface area contributed by atoms with Crippen LogP contribution in [0.15, 0.2) is 0 Å². The molecule has 3 atom stereocenters. The van der Waals surface area contributed by atoms with Gasteiger partial charge in [0, 0.05) is 6.54 Å². The Kier molecular flexibility index (Phi) is 4.89. The van der Waals surface area contributed by atoms with E-state index >= 15 is 0 Å². The number of rotatable bonds is 5. The Balaban J connectivity index is 2.49. The Hall–Kier alpha value is -1.14. The Morgan fingerprint density at radius 3 is 2.53 bits per heavy atom. The quantitative estimate of drug-likeness (QED) is 0.514. The van der Waals surface area contributed by atoms with Crippen LogP contribution in [0.5, 0.6) is 0 Å². The van der Waals surface area contributed by atoms with Crippen molar-refractivity contribution in [3.8, 4) is 0 Å². The highest BCUT2D eigenvalue weighted by molar-refractivity contribution is 5.87. The van der Waals surface area contributed by atoms with Crippen molar-refractivity contribution in [2.45, 2.75) is 44.9 Å². The number of amides is 1. The normalized spacial score (nSPS) is 25.9. The van der Waals surface area contributed by atoms with E-state index in [0.717, 1.165) is 0 Å². The first-order valence-corrected chi connectivity index (χ1v) is 5.84. The Bertz CT molecular complexity index is 293. The van der Waals surface area contributed by atoms with Crippen molar-refractivity contribution in [3.63, 3.8) is 0 Å². The minimum Gasteiger partial charge on any atom is -0.480 e. The molecule has 0 bridgehead atoms. The summed E-state index contributed by atoms with van der Waals surface area (Å²) < 4.78 is 0. The first-order valence-electron chi connectivity index (χ1n) is 5.84. The van der Waals surface area contributed by atoms with Crippen LogP contribution in [-0.2, 0) is 9.59 Å². The molecule has 0 radical (unpaired) electrons. The highest BCUT2D eigenvalue weighted by Crippen LogP contribution is 2.09. The lowest BCUT2D eigenvalue weighted by molar-refractivity contribution is -0.142. The van der Waals surface area contributed by atoms with E-state index in [4.69, 9.17) is 5.11 Å². The fourth-order valence-electron chi connectivity index (χ4n) is 1.88. The highest BCUT2D eigenvalue weighted by atomic mass is 16.4. The summed E-state index contributed by atoms with van der Waals surface area (Å²) in [5, 5.41) is 23.6. The van der Waals surface area contributed by atoms with Crippen molar-refractivity contribution < 1.29 is 19.8 Å². The molecule has 0 aromatic rings. The van der Waals surface area contributed by atoms with Crippen molar-refractivity contribution in [3.05, 3.63) is 0 Å². The van der Waals surface area contributed by atoms with Crippen LogP contribution in [0.3, 0.4) is 0 Å². The average molecular weight is 244 g/mol. The number of β-amino-alcohol motifs (C(OH)–C–C–N with tert-alkyl or cyclic N) is 1. The van der Waals surface area contributed by atoms with E-state index in [1.807, 2.05) is 13.8 Å². The molecule has 0 spiro atoms. The van der Waals surface area contributed by atoms with Gasteiger partial charge in [-0.1, -0.05) is 13.8 Å². The van der Waals surface area contributed by atoms with Gasteiger partial charge in [-0.3, -0.25) is 4.79 Å². The Labute approximate surface area is 100 Å². The van der Waals surface area contributed by atoms with Crippen molar-refractivity contribution in [2.75, 3.05) is 6.54 Å². The van der Waals surface area contributed by atoms with E-state index in [9.17, 15) is 14.7 Å². The first kappa shape index (κ1) is 13.9. The molecule has 1 aliphatic heterocycles. The highest BCUT2D eigenvalue weighted by Gasteiger charge is 2.30. The van der Waals surface area contributed by atoms with Gasteiger partial charge < -0.3 is 20.8 Å². The Morgan fingerprint density at radius 1 is 1.47 bits per heavy atom. The third-order valence-corrected chi connectivity index (χ3v) is 2.75. The molecule has 4 N–H and O–H groups in total. The van der Waals surface area contributed by atoms with Crippen LogP contribution >= 0.6 is 0 Å². The molecule has 1 amide bonds. The summed E-state index contributed by atoms with van der Waals surface area (Å²) >= 11 is 0. The molecule has 1 rings (SSSR count). The molecule has 0 aromatic carbocycles. The second kappa shape index (κ2) is 5.97. The van der Waals surface area contributed by atoms with E-state index in [1.165, 1.54) is 0 Å². The SMILES string of the molecule is CC(C)C[C@@H](NC(=O)C1CC(O)CN1)C(=O)O. The zero-order valence-electron chi connectivity index (χ0n) is 10.1. The molecular weight excluding hydrogens is 224 g/mol. The molecule has 17 heavy (non-hydrogen) atoms. The zero-order chi connectivity index (χ0) is 13.0. The monoisotopic (exact) mass is 244 g/mol. The van der Waals surface area contributed by atoms with Gasteiger partial charge in [0.05, 0.1) is 12.1 Å². The maximum atomic E-state index is 11.7. The molecule has 0 aromatic heterocycles. The van der Waals surface area contributed by atoms with Crippen LogP contribution in [0.25, 0.3) is 0 Å². The number of aliphatic hydroxyl groups is 1. The van der Waals surface area contributed by atoms with Crippen LogP contribution < -0.4 is 10.6 Å². The van der Waals surface area contributed by atoms with E-state index < -0.39 is 24.2 Å². The van der Waals surface area contributed by atoms with E-state index in [2.05, 4.69) is 10.6 Å². The lowest BCUT2D eigenvalue weighted by Crippen LogP contribution is -2.48. The first-order chi connectivity index (χ1) is 7.90. The summed E-state index contributed by atoms with van der Waals surface area (Å²) in [5.74, 6) is -1.18. The molecule has 6 nitrogen and oxygen atoms in total. The summed E-state index contributed by atoms with van der Waals surface area (Å²) in [6.45, 7) is 4.18. The number of aliphatic hydroxyl groups excluding tert-OH is 1. The minimum atomic E-state index is -1.02. The van der Waals surface area contributed by atoms with Gasteiger partial charge in [0.15, 0.2) is 0 Å². The van der Waals surface area contributed by atoms with Crippen LogP contribution in [0, 0.1) is 5.92 Å². The Morgan fingerprint density at radius 2 is 2.12 bits per heavy atom. The maximum Gasteiger partial charge on any atom is 0.326 e. The van der Waals surface area contributed by atoms with Crippen LogP contribution in [0.1, 0.15) is 26.7 Å². The van der Waals surface area contributed by atoms with E-state index in [1.54, 1.807) is 0 Å². The summed E-state index contributed by atoms with van der Waals surface area (Å²) in [6, 6.07) is -1.35. The maximum absolute atomic E-state index is 11.7. The molecule has 2 unspecified atom stereocenters. The molecule has 1 fully saturated rings. The number of nitrogens with one attached hydrogen (secondary N) is 2. The molecule has 0 saturated carbocycles. The van der Waals surface area contributed by atoms with Gasteiger partial charge in [-0.2, -0.15) is 0 Å². The van der Waals surface area contributed by atoms with Gasteiger partial charge in [0.25, 0.3) is 0 Å². The summed E-state index contributed by atoms with van der Waals surface area (Å²) in [5.41, 5.74) is 0. The fourth-order valence-corrected chi connectivity index (χ4v) is 1.88. The number of carboxylic acids is 1. The van der Waals surface area contributed by atoms with Gasteiger partial charge in [0.1, 0.15) is 6.04 Å². The number of aliphatic carboxylic acids is 1. The summed E-state index contributed by atoms with van der Waals surface area (Å²) in [6.07, 6.45) is 0.204. The van der Waals surface area contributed by atoms with Crippen molar-refractivity contribution in [2.24, 2.45) is 5.92 Å². The number of hydrogen-bond acceptors (Lipinski definition) is 4. The molecule has 1 heterocycles. The second-order valence-corrected chi connectivity index (χ2v) is 4.88. The standard InChI is InChI=1S/C11H20N2O4/c1-6(2)3-9(11(16)17)13-10(15)8-4-7(14)5-12-8/h6-9,12,14H,3-5H2,1-2H3,(H,13,15)(H,16,17)/t7?,8?,9-/m1/s1. The van der Waals surface area contributed by atoms with Gasteiger partial charge in [0.2, 0.25) is 5.91 Å². The topological polar surface area (TPSA) is 98.7 Å². The summed E-state index contributed by atoms with van der Waals surface area (Å²) in [4.78, 5) is 22.7. The largest absolute Gasteiger partial charge is 0.480 e. The lowest BCUT2D eigenvalue weighted by Gasteiger charge is -2.18. The number of carbonyl (C=O) groups is 2. The van der Waals surface area contributed by atoms with Gasteiger partial charge in [-0.25, -0.2) is 4.79 Å². The molecular formula is C11H20N2O4. The molecule has 98 valence electrons. The van der Waals surface area contributed by atoms with Gasteiger partial charge in [-0.05, 0) is 18.8 Å². The van der Waals surface area contributed by atoms with Crippen molar-refractivity contribution >= 4 is 11.9 Å². The zero-order valence-corrected chi connectivity index (χ0v) is 10.1. The average Bonchev–Trinajstić information content (AvgIpc) is 2.63. The minimum absolute atomic E-state index is 0.193. The molecule has 6 heteroatoms. The molecule has 1 aliphatic rings. The molecule has 0 aliphatic carbocycles. The van der Waals surface area contributed by atoms with Crippen LogP contribution in [-0.4, -0.2) is 46.8 Å². The fraction of sp³-hybridized carbons (Fsp3) is 0.818. The predicted molar refractivity (Wildman–Crippen MR) is 61.4 cm³/mol. The third-order valence-electron chi connectivity index (χ3n) is 2.75. The van der Waals surface area contributed by atoms with Crippen LogP contribution in [0.4, 0.5) is 0 Å². The predicted octanol–water partition coefficient (Wildman–Crippen LogP) is -0.675. The number of hydrogen-bond donors (Lipinski definition) is 4. The van der Waals surface area contributed by atoms with Crippen LogP contribution in [0.2, 0.25) is 0 Å². The smallest absolute Gasteiger partial charge is 0.326 e. The number of carboxylic acid groups (broad SMARTS) is 1. The third kappa shape index (κ3) is 4.32. The number of carbonyl (C=O) groups excluding carboxylic acids is 1. The van der Waals surface area contributed by atoms with Crippen molar-refractivity contribution in [1.82, 2.24) is 10.6 Å². The lowest BCUT2D eigenvalue weighted by atomic mass is 10.0. The van der Waals surface area contributed by atoms with Gasteiger partial charge in [-0.15, -0.1) is 0 Å². The van der Waals surface area contributed by atoms with Crippen molar-refractivity contribution in [1.29, 1.82) is 0 Å². The molecule has 1 saturated heterocycles.